The van der Waals surface area contributed by atoms with Gasteiger partial charge in [0.2, 0.25) is 0 Å². The topological polar surface area (TPSA) is 114 Å². The molecule has 0 amide bonds. The molecule has 1 unspecified atom stereocenters. The number of hydrogen-bond donors (Lipinski definition) is 3. The average molecular weight is 458 g/mol. The van der Waals surface area contributed by atoms with E-state index in [-0.39, 0.29) is 6.54 Å². The van der Waals surface area contributed by atoms with Crippen LogP contribution in [0.3, 0.4) is 0 Å². The summed E-state index contributed by atoms with van der Waals surface area (Å²) in [5.41, 5.74) is 2.12. The number of rotatable bonds is 8. The van der Waals surface area contributed by atoms with Crippen LogP contribution in [0.2, 0.25) is 0 Å². The van der Waals surface area contributed by atoms with E-state index in [4.69, 9.17) is 5.11 Å². The zero-order chi connectivity index (χ0) is 22.6. The molecule has 3 aromatic rings. The summed E-state index contributed by atoms with van der Waals surface area (Å²) < 4.78 is 26.7. The fourth-order valence-corrected chi connectivity index (χ4v) is 4.89. The molecule has 0 fully saturated rings. The van der Waals surface area contributed by atoms with Crippen LogP contribution >= 0.6 is 11.3 Å². The normalized spacial score (nSPS) is 13.2. The van der Waals surface area contributed by atoms with Gasteiger partial charge < -0.3 is 15.1 Å². The number of sulfonamides is 1. The number of nitriles is 1. The van der Waals surface area contributed by atoms with Crippen molar-refractivity contribution in [1.29, 1.82) is 5.26 Å². The predicted molar refractivity (Wildman–Crippen MR) is 125 cm³/mol. The number of aliphatic hydroxyl groups excluding tert-OH is 2. The maximum atomic E-state index is 12.3. The minimum Gasteiger partial charge on any atom is -0.394 e. The number of aliphatic hydroxyl groups is 2. The van der Waals surface area contributed by atoms with Crippen LogP contribution in [-0.4, -0.2) is 52.0 Å². The first kappa shape index (κ1) is 22.9. The lowest BCUT2D eigenvalue weighted by Gasteiger charge is -2.13. The molecule has 0 saturated heterocycles. The summed E-state index contributed by atoms with van der Waals surface area (Å²) in [6.45, 7) is -0.954. The van der Waals surface area contributed by atoms with Gasteiger partial charge in [-0.2, -0.15) is 5.26 Å². The zero-order valence-electron chi connectivity index (χ0n) is 17.1. The molecule has 0 aliphatic rings. The number of nitrogens with zero attached hydrogens (tertiary/aromatic N) is 2. The molecule has 1 atom stereocenters. The smallest absolute Gasteiger partial charge is 0.250 e. The molecule has 0 radical (unpaired) electrons. The monoisotopic (exact) mass is 457 g/mol. The lowest BCUT2D eigenvalue weighted by Crippen LogP contribution is -2.34. The number of hydrogen-bond acceptors (Lipinski definition) is 7. The minimum atomic E-state index is -4.09. The van der Waals surface area contributed by atoms with E-state index >= 15 is 0 Å². The molecule has 2 aromatic carbocycles. The summed E-state index contributed by atoms with van der Waals surface area (Å²) in [6, 6.07) is 17.7. The van der Waals surface area contributed by atoms with Crippen molar-refractivity contribution in [1.82, 2.24) is 4.72 Å². The Morgan fingerprint density at radius 3 is 2.58 bits per heavy atom. The van der Waals surface area contributed by atoms with E-state index in [9.17, 15) is 18.8 Å². The van der Waals surface area contributed by atoms with Crippen LogP contribution in [0.4, 0.5) is 5.69 Å². The molecule has 0 aliphatic heterocycles. The van der Waals surface area contributed by atoms with Crippen molar-refractivity contribution in [3.05, 3.63) is 58.3 Å². The van der Waals surface area contributed by atoms with E-state index in [0.717, 1.165) is 26.9 Å². The van der Waals surface area contributed by atoms with E-state index in [1.807, 2.05) is 31.1 Å². The zero-order valence-corrected chi connectivity index (χ0v) is 18.7. The van der Waals surface area contributed by atoms with Gasteiger partial charge in [-0.15, -0.1) is 11.3 Å². The van der Waals surface area contributed by atoms with Crippen LogP contribution < -0.4 is 9.62 Å². The third-order valence-electron chi connectivity index (χ3n) is 4.64. The Hall–Kier alpha value is -2.74. The maximum absolute atomic E-state index is 12.3. The van der Waals surface area contributed by atoms with Crippen molar-refractivity contribution in [2.75, 3.05) is 32.1 Å². The van der Waals surface area contributed by atoms with Gasteiger partial charge in [0.1, 0.15) is 6.07 Å². The Kier molecular flexibility index (Phi) is 7.10. The molecule has 0 bridgehead atoms. The van der Waals surface area contributed by atoms with Crippen molar-refractivity contribution in [2.24, 2.45) is 0 Å². The first-order chi connectivity index (χ1) is 14.7. The van der Waals surface area contributed by atoms with Crippen LogP contribution in [0.15, 0.2) is 53.4 Å². The van der Waals surface area contributed by atoms with Gasteiger partial charge in [0.15, 0.2) is 4.91 Å². The molecular weight excluding hydrogens is 434 g/mol. The molecule has 1 aromatic heterocycles. The van der Waals surface area contributed by atoms with E-state index in [2.05, 4.69) is 35.1 Å². The highest BCUT2D eigenvalue weighted by Crippen LogP contribution is 2.32. The number of allylic oxidation sites excluding steroid dienone is 1. The van der Waals surface area contributed by atoms with Crippen LogP contribution in [0.25, 0.3) is 27.3 Å². The summed E-state index contributed by atoms with van der Waals surface area (Å²) >= 11 is 1.37. The van der Waals surface area contributed by atoms with Crippen LogP contribution in [0.5, 0.6) is 0 Å². The Morgan fingerprint density at radius 1 is 1.19 bits per heavy atom. The number of benzene rings is 2. The second-order valence-corrected chi connectivity index (χ2v) is 10.0. The van der Waals surface area contributed by atoms with Gasteiger partial charge >= 0.3 is 0 Å². The van der Waals surface area contributed by atoms with Gasteiger partial charge in [0.05, 0.1) is 12.7 Å². The van der Waals surface area contributed by atoms with Gasteiger partial charge in [-0.1, -0.05) is 18.2 Å². The van der Waals surface area contributed by atoms with Crippen molar-refractivity contribution < 1.29 is 18.6 Å². The molecule has 1 heterocycles. The predicted octanol–water partition coefficient (Wildman–Crippen LogP) is 2.77. The Labute approximate surface area is 185 Å². The lowest BCUT2D eigenvalue weighted by atomic mass is 10.1. The molecule has 0 saturated carbocycles. The second-order valence-electron chi connectivity index (χ2n) is 7.15. The molecular formula is C22H23N3O4S2. The first-order valence-electron chi connectivity index (χ1n) is 9.45. The highest BCUT2D eigenvalue weighted by molar-refractivity contribution is 7.93. The molecule has 31 heavy (non-hydrogen) atoms. The molecule has 7 nitrogen and oxygen atoms in total. The highest BCUT2D eigenvalue weighted by Gasteiger charge is 2.19. The van der Waals surface area contributed by atoms with E-state index in [1.165, 1.54) is 17.4 Å². The maximum Gasteiger partial charge on any atom is 0.250 e. The van der Waals surface area contributed by atoms with Crippen molar-refractivity contribution in [3.8, 4) is 16.5 Å². The molecule has 3 N–H and O–H groups in total. The highest BCUT2D eigenvalue weighted by atomic mass is 32.2. The van der Waals surface area contributed by atoms with E-state index in [1.54, 1.807) is 12.1 Å². The molecule has 9 heteroatoms. The van der Waals surface area contributed by atoms with Gasteiger partial charge in [-0.05, 0) is 52.7 Å². The van der Waals surface area contributed by atoms with E-state index < -0.39 is 27.6 Å². The number of thiophene rings is 1. The largest absolute Gasteiger partial charge is 0.394 e. The third kappa shape index (κ3) is 5.50. The van der Waals surface area contributed by atoms with Crippen molar-refractivity contribution >= 4 is 43.9 Å². The van der Waals surface area contributed by atoms with Crippen LogP contribution in [-0.2, 0) is 10.0 Å². The summed E-state index contributed by atoms with van der Waals surface area (Å²) in [4.78, 5) is 3.15. The Bertz CT molecular complexity index is 1260. The standard InChI is InChI=1S/C22H23N3O4S2/c1-25(2)18-6-5-15-9-17(4-3-16(15)10-18)22-8-7-20(30-22)11-21(12-23)31(28,29)24-13-19(27)14-26/h3-11,19,24,26-27H,13-14H2,1-2H3. The number of anilines is 1. The summed E-state index contributed by atoms with van der Waals surface area (Å²) in [5, 5.41) is 29.7. The SMILES string of the molecule is CN(C)c1ccc2cc(-c3ccc(C=C(C#N)S(=O)(=O)NCC(O)CO)s3)ccc2c1. The number of nitrogens with one attached hydrogen (secondary N) is 1. The van der Waals surface area contributed by atoms with E-state index in [0.29, 0.717) is 4.88 Å². The van der Waals surface area contributed by atoms with Gasteiger partial charge in [-0.3, -0.25) is 0 Å². The second kappa shape index (κ2) is 9.60. The fraction of sp³-hybridized carbons (Fsp3) is 0.227. The quantitative estimate of drug-likeness (QED) is 0.448. The van der Waals surface area contributed by atoms with Crippen LogP contribution in [0, 0.1) is 11.3 Å². The van der Waals surface area contributed by atoms with Gasteiger partial charge in [0.25, 0.3) is 10.0 Å². The molecule has 162 valence electrons. The summed E-state index contributed by atoms with van der Waals surface area (Å²) in [7, 11) is -0.0971. The summed E-state index contributed by atoms with van der Waals surface area (Å²) in [6.07, 6.45) is 0.0662. The minimum absolute atomic E-state index is 0.375. The van der Waals surface area contributed by atoms with Crippen LogP contribution in [0.1, 0.15) is 4.88 Å². The third-order valence-corrected chi connectivity index (χ3v) is 7.06. The van der Waals surface area contributed by atoms with Gasteiger partial charge in [0, 0.05) is 36.1 Å². The number of fused-ring (bicyclic) bond motifs is 1. The Balaban J connectivity index is 1.86. The van der Waals surface area contributed by atoms with Crippen molar-refractivity contribution in [3.63, 3.8) is 0 Å². The lowest BCUT2D eigenvalue weighted by molar-refractivity contribution is 0.0989. The van der Waals surface area contributed by atoms with Crippen molar-refractivity contribution in [2.45, 2.75) is 6.10 Å². The molecule has 0 spiro atoms. The summed E-state index contributed by atoms with van der Waals surface area (Å²) in [5.74, 6) is 0. The van der Waals surface area contributed by atoms with Gasteiger partial charge in [-0.25, -0.2) is 13.1 Å². The molecule has 0 aliphatic carbocycles. The fourth-order valence-electron chi connectivity index (χ4n) is 2.90. The first-order valence-corrected chi connectivity index (χ1v) is 11.7. The molecule has 3 rings (SSSR count). The average Bonchev–Trinajstić information content (AvgIpc) is 3.23. The Morgan fingerprint density at radius 2 is 1.90 bits per heavy atom.